The first-order chi connectivity index (χ1) is 19.4. The zero-order valence-electron chi connectivity index (χ0n) is 20.5. The van der Waals surface area contributed by atoms with Gasteiger partial charge in [0, 0.05) is 16.9 Å². The maximum atomic E-state index is 15.1. The van der Waals surface area contributed by atoms with Crippen molar-refractivity contribution in [3.8, 4) is 11.5 Å². The van der Waals surface area contributed by atoms with Gasteiger partial charge in [0.2, 0.25) is 5.13 Å². The van der Waals surface area contributed by atoms with E-state index in [1.807, 2.05) is 0 Å². The highest BCUT2D eigenvalue weighted by Gasteiger charge is 2.49. The molecule has 0 radical (unpaired) electrons. The molecule has 1 atom stereocenters. The molecule has 1 unspecified atom stereocenters. The first-order valence-corrected chi connectivity index (χ1v) is 13.9. The minimum atomic E-state index is -1.31. The van der Waals surface area contributed by atoms with Gasteiger partial charge in [0.05, 0.1) is 5.57 Å². The number of aliphatic hydroxyl groups is 1. The summed E-state index contributed by atoms with van der Waals surface area (Å²) in [7, 11) is 0. The SMILES string of the molecule is O=C1C(=O)N(c2nnc(SCc3ccccc3F)s2)C(c2ccccc2F)/C1=C(\O)c1ccc2c(c1)OCCO2. The summed E-state index contributed by atoms with van der Waals surface area (Å²) in [5, 5.41) is 19.5. The molecule has 0 aliphatic carbocycles. The molecule has 1 aromatic heterocycles. The molecule has 1 amide bonds. The molecule has 1 fully saturated rings. The summed E-state index contributed by atoms with van der Waals surface area (Å²) in [6, 6.07) is 15.3. The highest BCUT2D eigenvalue weighted by atomic mass is 32.2. The highest BCUT2D eigenvalue weighted by Crippen LogP contribution is 2.45. The van der Waals surface area contributed by atoms with Gasteiger partial charge < -0.3 is 14.6 Å². The number of hydrogen-bond donors (Lipinski definition) is 1. The highest BCUT2D eigenvalue weighted by molar-refractivity contribution is 8.00. The number of thioether (sulfide) groups is 1. The Balaban J connectivity index is 1.40. The number of nitrogens with zero attached hydrogens (tertiary/aromatic N) is 3. The quantitative estimate of drug-likeness (QED) is 0.105. The second kappa shape index (κ2) is 10.7. The number of rotatable bonds is 6. The smallest absolute Gasteiger partial charge is 0.301 e. The van der Waals surface area contributed by atoms with E-state index in [1.54, 1.807) is 30.3 Å². The molecule has 0 spiro atoms. The maximum Gasteiger partial charge on any atom is 0.301 e. The molecular formula is C28H19F2N3O5S2. The monoisotopic (exact) mass is 579 g/mol. The van der Waals surface area contributed by atoms with E-state index in [9.17, 15) is 19.1 Å². The van der Waals surface area contributed by atoms with Crippen molar-refractivity contribution in [2.45, 2.75) is 16.1 Å². The number of carbonyl (C=O) groups excluding carboxylic acids is 2. The molecule has 40 heavy (non-hydrogen) atoms. The first-order valence-electron chi connectivity index (χ1n) is 12.1. The van der Waals surface area contributed by atoms with Crippen molar-refractivity contribution < 1.29 is 33.0 Å². The second-order valence-electron chi connectivity index (χ2n) is 8.78. The Morgan fingerprint density at radius 2 is 1.70 bits per heavy atom. The van der Waals surface area contributed by atoms with Gasteiger partial charge in [0.1, 0.15) is 36.6 Å². The molecule has 3 heterocycles. The zero-order chi connectivity index (χ0) is 27.8. The Labute approximate surface area is 234 Å². The van der Waals surface area contributed by atoms with E-state index < -0.39 is 29.3 Å². The number of amides is 1. The van der Waals surface area contributed by atoms with Crippen LogP contribution in [0.3, 0.4) is 0 Å². The third-order valence-corrected chi connectivity index (χ3v) is 8.48. The van der Waals surface area contributed by atoms with Crippen molar-refractivity contribution >= 4 is 45.7 Å². The molecule has 6 rings (SSSR count). The van der Waals surface area contributed by atoms with Crippen LogP contribution >= 0.6 is 23.1 Å². The maximum absolute atomic E-state index is 15.1. The summed E-state index contributed by atoms with van der Waals surface area (Å²) < 4.78 is 40.7. The Morgan fingerprint density at radius 3 is 2.48 bits per heavy atom. The Morgan fingerprint density at radius 1 is 0.975 bits per heavy atom. The third kappa shape index (κ3) is 4.69. The van der Waals surface area contributed by atoms with Crippen LogP contribution in [0, 0.1) is 11.6 Å². The molecule has 0 bridgehead atoms. The van der Waals surface area contributed by atoms with E-state index in [4.69, 9.17) is 9.47 Å². The molecule has 1 N–H and O–H groups in total. The molecule has 8 nitrogen and oxygen atoms in total. The number of aromatic nitrogens is 2. The van der Waals surface area contributed by atoms with E-state index >= 15 is 4.39 Å². The topological polar surface area (TPSA) is 102 Å². The number of fused-ring (bicyclic) bond motifs is 1. The summed E-state index contributed by atoms with van der Waals surface area (Å²) in [6.45, 7) is 0.685. The predicted octanol–water partition coefficient (Wildman–Crippen LogP) is 5.51. The van der Waals surface area contributed by atoms with Gasteiger partial charge in [0.15, 0.2) is 15.8 Å². The van der Waals surface area contributed by atoms with Gasteiger partial charge in [-0.05, 0) is 35.9 Å². The number of Topliss-reactive ketones (excluding diaryl/α,β-unsaturated/α-hetero) is 1. The number of anilines is 1. The zero-order valence-corrected chi connectivity index (χ0v) is 22.2. The van der Waals surface area contributed by atoms with E-state index in [2.05, 4.69) is 10.2 Å². The van der Waals surface area contributed by atoms with Gasteiger partial charge in [-0.25, -0.2) is 8.78 Å². The molecule has 3 aromatic carbocycles. The van der Waals surface area contributed by atoms with Gasteiger partial charge in [-0.1, -0.05) is 59.5 Å². The van der Waals surface area contributed by atoms with Crippen LogP contribution in [0.5, 0.6) is 11.5 Å². The number of hydrogen-bond acceptors (Lipinski definition) is 9. The van der Waals surface area contributed by atoms with Crippen molar-refractivity contribution in [3.05, 3.63) is 101 Å². The van der Waals surface area contributed by atoms with Crippen molar-refractivity contribution in [2.24, 2.45) is 0 Å². The molecule has 1 saturated heterocycles. The van der Waals surface area contributed by atoms with Gasteiger partial charge in [-0.3, -0.25) is 14.5 Å². The van der Waals surface area contributed by atoms with Crippen LogP contribution in [0.2, 0.25) is 0 Å². The molecular weight excluding hydrogens is 560 g/mol. The van der Waals surface area contributed by atoms with Crippen LogP contribution in [0.4, 0.5) is 13.9 Å². The lowest BCUT2D eigenvalue weighted by atomic mass is 9.95. The average Bonchev–Trinajstić information content (AvgIpc) is 3.54. The predicted molar refractivity (Wildman–Crippen MR) is 144 cm³/mol. The number of ketones is 1. The minimum Gasteiger partial charge on any atom is -0.507 e. The van der Waals surface area contributed by atoms with Crippen molar-refractivity contribution in [1.82, 2.24) is 10.2 Å². The Hall–Kier alpha value is -4.29. The fourth-order valence-electron chi connectivity index (χ4n) is 4.48. The van der Waals surface area contributed by atoms with Gasteiger partial charge in [0.25, 0.3) is 5.78 Å². The fourth-order valence-corrected chi connectivity index (χ4v) is 6.33. The summed E-state index contributed by atoms with van der Waals surface area (Å²) in [4.78, 5) is 27.8. The largest absolute Gasteiger partial charge is 0.507 e. The molecule has 202 valence electrons. The lowest BCUT2D eigenvalue weighted by Crippen LogP contribution is -2.29. The number of ether oxygens (including phenoxy) is 2. The van der Waals surface area contributed by atoms with Gasteiger partial charge in [-0.2, -0.15) is 0 Å². The summed E-state index contributed by atoms with van der Waals surface area (Å²) in [6.07, 6.45) is 0. The van der Waals surface area contributed by atoms with Crippen LogP contribution in [0.1, 0.15) is 22.7 Å². The fraction of sp³-hybridized carbons (Fsp3) is 0.143. The number of aliphatic hydroxyl groups excluding tert-OH is 1. The Bertz CT molecular complexity index is 1680. The number of halogens is 2. The van der Waals surface area contributed by atoms with Crippen LogP contribution in [-0.2, 0) is 15.3 Å². The Kier molecular flexibility index (Phi) is 6.95. The normalized spacial score (nSPS) is 17.9. The summed E-state index contributed by atoms with van der Waals surface area (Å²) in [5.74, 6) is -2.41. The van der Waals surface area contributed by atoms with Crippen molar-refractivity contribution in [1.29, 1.82) is 0 Å². The molecule has 4 aromatic rings. The molecule has 12 heteroatoms. The summed E-state index contributed by atoms with van der Waals surface area (Å²) in [5.41, 5.74) is 0.358. The molecule has 0 saturated carbocycles. The van der Waals surface area contributed by atoms with E-state index in [-0.39, 0.29) is 33.4 Å². The number of carbonyl (C=O) groups is 2. The lowest BCUT2D eigenvalue weighted by molar-refractivity contribution is -0.132. The third-order valence-electron chi connectivity index (χ3n) is 6.37. The first kappa shape index (κ1) is 26.0. The standard InChI is InChI=1S/C28H19F2N3O5S2/c29-18-7-3-1-5-16(18)14-39-28-32-31-27(40-28)33-23(17-6-2-4-8-19(17)30)22(25(35)26(33)36)24(34)15-9-10-20-21(13-15)38-12-11-37-20/h1-10,13,23,34H,11-12,14H2/b24-22+. The van der Waals surface area contributed by atoms with E-state index in [1.165, 1.54) is 48.2 Å². The van der Waals surface area contributed by atoms with Crippen LogP contribution in [0.25, 0.3) is 5.76 Å². The van der Waals surface area contributed by atoms with E-state index in [0.29, 0.717) is 34.6 Å². The average molecular weight is 580 g/mol. The number of benzene rings is 3. The van der Waals surface area contributed by atoms with E-state index in [0.717, 1.165) is 16.2 Å². The minimum absolute atomic E-state index is 0.00319. The van der Waals surface area contributed by atoms with Crippen molar-refractivity contribution in [3.63, 3.8) is 0 Å². The summed E-state index contributed by atoms with van der Waals surface area (Å²) >= 11 is 2.21. The lowest BCUT2D eigenvalue weighted by Gasteiger charge is -2.23. The van der Waals surface area contributed by atoms with Crippen molar-refractivity contribution in [2.75, 3.05) is 18.1 Å². The molecule has 2 aliphatic rings. The van der Waals surface area contributed by atoms with Gasteiger partial charge in [-0.15, -0.1) is 10.2 Å². The van der Waals surface area contributed by atoms with Crippen LogP contribution in [-0.4, -0.2) is 40.2 Å². The van der Waals surface area contributed by atoms with Gasteiger partial charge >= 0.3 is 5.91 Å². The molecule has 2 aliphatic heterocycles. The van der Waals surface area contributed by atoms with Crippen LogP contribution in [0.15, 0.2) is 76.6 Å². The van der Waals surface area contributed by atoms with Crippen LogP contribution < -0.4 is 14.4 Å². The second-order valence-corrected chi connectivity index (χ2v) is 11.0.